The van der Waals surface area contributed by atoms with Crippen LogP contribution in [-0.4, -0.2) is 9.97 Å². The summed E-state index contributed by atoms with van der Waals surface area (Å²) in [6.07, 6.45) is 1.97. The predicted molar refractivity (Wildman–Crippen MR) is 92.9 cm³/mol. The van der Waals surface area contributed by atoms with Crippen LogP contribution < -0.4 is 0 Å². The Morgan fingerprint density at radius 2 is 1.82 bits per heavy atom. The summed E-state index contributed by atoms with van der Waals surface area (Å²) in [5, 5.41) is 2.34. The molecule has 0 aliphatic rings. The van der Waals surface area contributed by atoms with Gasteiger partial charge in [0, 0.05) is 28.2 Å². The molecule has 2 aromatic carbocycles. The number of H-pyrrole nitrogens is 1. The summed E-state index contributed by atoms with van der Waals surface area (Å²) >= 11 is 0. The fraction of sp³-hybridized carbons (Fsp3) is 0.0500. The first-order valence-corrected chi connectivity index (χ1v) is 7.36. The molecule has 0 aliphatic heterocycles. The topological polar surface area (TPSA) is 28.7 Å². The van der Waals surface area contributed by atoms with Gasteiger partial charge in [0.1, 0.15) is 0 Å². The van der Waals surface area contributed by atoms with Crippen LogP contribution in [-0.2, 0) is 0 Å². The number of pyridine rings is 1. The van der Waals surface area contributed by atoms with E-state index in [2.05, 4.69) is 59.0 Å². The summed E-state index contributed by atoms with van der Waals surface area (Å²) < 4.78 is 0. The van der Waals surface area contributed by atoms with Gasteiger partial charge in [-0.25, -0.2) is 0 Å². The molecule has 2 heterocycles. The fourth-order valence-electron chi connectivity index (χ4n) is 3.05. The van der Waals surface area contributed by atoms with Crippen LogP contribution >= 0.6 is 0 Å². The van der Waals surface area contributed by atoms with Gasteiger partial charge in [0.25, 0.3) is 0 Å². The number of hydrogen-bond donors (Lipinski definition) is 1. The monoisotopic (exact) mass is 284 g/mol. The molecule has 0 fully saturated rings. The van der Waals surface area contributed by atoms with Gasteiger partial charge in [-0.3, -0.25) is 4.98 Å². The average Bonchev–Trinajstić information content (AvgIpc) is 3.02. The molecule has 0 aliphatic carbocycles. The second-order valence-electron chi connectivity index (χ2n) is 5.55. The molecule has 1 N–H and O–H groups in total. The molecule has 0 bridgehead atoms. The molecule has 0 spiro atoms. The normalized spacial score (nSPS) is 11.1. The molecule has 4 rings (SSSR count). The zero-order chi connectivity index (χ0) is 15.1. The Hall–Kier alpha value is -2.87. The Labute approximate surface area is 129 Å². The average molecular weight is 284 g/mol. The van der Waals surface area contributed by atoms with E-state index in [0.717, 1.165) is 38.8 Å². The first kappa shape index (κ1) is 12.8. The number of aromatic amines is 1. The van der Waals surface area contributed by atoms with E-state index in [1.165, 1.54) is 5.39 Å². The minimum absolute atomic E-state index is 1.01. The fourth-order valence-corrected chi connectivity index (χ4v) is 3.05. The van der Waals surface area contributed by atoms with E-state index in [4.69, 9.17) is 0 Å². The molecule has 106 valence electrons. The molecule has 2 aromatic heterocycles. The number of nitrogens with one attached hydrogen (secondary N) is 1. The van der Waals surface area contributed by atoms with Crippen molar-refractivity contribution in [3.63, 3.8) is 0 Å². The van der Waals surface area contributed by atoms with Gasteiger partial charge in [0.15, 0.2) is 0 Å². The van der Waals surface area contributed by atoms with Crippen LogP contribution in [0.5, 0.6) is 0 Å². The van der Waals surface area contributed by atoms with Gasteiger partial charge in [-0.05, 0) is 47.9 Å². The van der Waals surface area contributed by atoms with Crippen LogP contribution in [0.15, 0.2) is 67.4 Å². The first-order chi connectivity index (χ1) is 10.7. The summed E-state index contributed by atoms with van der Waals surface area (Å²) in [4.78, 5) is 7.88. The highest BCUT2D eigenvalue weighted by Gasteiger charge is 2.11. The highest BCUT2D eigenvalue weighted by molar-refractivity contribution is 6.02. The van der Waals surface area contributed by atoms with Crippen molar-refractivity contribution in [1.82, 2.24) is 9.97 Å². The molecule has 0 saturated carbocycles. The number of benzene rings is 2. The van der Waals surface area contributed by atoms with Crippen LogP contribution in [0.4, 0.5) is 0 Å². The Morgan fingerprint density at radius 3 is 2.73 bits per heavy atom. The van der Waals surface area contributed by atoms with E-state index < -0.39 is 0 Å². The van der Waals surface area contributed by atoms with Crippen LogP contribution in [0, 0.1) is 6.92 Å². The van der Waals surface area contributed by atoms with Crippen molar-refractivity contribution < 1.29 is 0 Å². The van der Waals surface area contributed by atoms with E-state index in [9.17, 15) is 0 Å². The van der Waals surface area contributed by atoms with Gasteiger partial charge >= 0.3 is 0 Å². The molecular formula is C20H16N2. The zero-order valence-electron chi connectivity index (χ0n) is 12.4. The van der Waals surface area contributed by atoms with Crippen molar-refractivity contribution in [2.75, 3.05) is 0 Å². The van der Waals surface area contributed by atoms with E-state index in [1.54, 1.807) is 0 Å². The molecule has 0 radical (unpaired) electrons. The second-order valence-corrected chi connectivity index (χ2v) is 5.55. The number of aryl methyl sites for hydroxylation is 1. The molecule has 0 atom stereocenters. The third-order valence-electron chi connectivity index (χ3n) is 4.09. The zero-order valence-corrected chi connectivity index (χ0v) is 12.4. The number of nitrogens with zero attached hydrogens (tertiary/aromatic N) is 1. The third kappa shape index (κ3) is 1.92. The third-order valence-corrected chi connectivity index (χ3v) is 4.09. The van der Waals surface area contributed by atoms with Gasteiger partial charge in [-0.1, -0.05) is 36.9 Å². The lowest BCUT2D eigenvalue weighted by molar-refractivity contribution is 1.25. The van der Waals surface area contributed by atoms with E-state index in [0.29, 0.717) is 0 Å². The molecule has 0 unspecified atom stereocenters. The van der Waals surface area contributed by atoms with Crippen molar-refractivity contribution >= 4 is 27.4 Å². The van der Waals surface area contributed by atoms with Gasteiger partial charge in [-0.2, -0.15) is 0 Å². The van der Waals surface area contributed by atoms with Gasteiger partial charge in [0.05, 0.1) is 5.52 Å². The number of rotatable bonds is 2. The van der Waals surface area contributed by atoms with E-state index in [1.807, 2.05) is 25.3 Å². The largest absolute Gasteiger partial charge is 0.361 e. The van der Waals surface area contributed by atoms with Crippen molar-refractivity contribution in [2.45, 2.75) is 6.92 Å². The van der Waals surface area contributed by atoms with Crippen LogP contribution in [0.25, 0.3) is 27.4 Å². The summed E-state index contributed by atoms with van der Waals surface area (Å²) in [5.41, 5.74) is 6.50. The molecular weight excluding hydrogens is 268 g/mol. The maximum atomic E-state index is 4.62. The van der Waals surface area contributed by atoms with Gasteiger partial charge in [-0.15, -0.1) is 0 Å². The lowest BCUT2D eigenvalue weighted by Gasteiger charge is -2.12. The van der Waals surface area contributed by atoms with Gasteiger partial charge < -0.3 is 4.98 Å². The molecule has 2 heteroatoms. The summed E-state index contributed by atoms with van der Waals surface area (Å²) in [7, 11) is 0. The van der Waals surface area contributed by atoms with Crippen LogP contribution in [0.2, 0.25) is 0 Å². The Kier molecular flexibility index (Phi) is 2.83. The summed E-state index contributed by atoms with van der Waals surface area (Å²) in [6.45, 7) is 6.40. The number of fused-ring (bicyclic) bond motifs is 2. The van der Waals surface area contributed by atoms with Crippen molar-refractivity contribution in [3.05, 3.63) is 84.2 Å². The van der Waals surface area contributed by atoms with Crippen LogP contribution in [0.3, 0.4) is 0 Å². The minimum atomic E-state index is 1.01. The quantitative estimate of drug-likeness (QED) is 0.546. The highest BCUT2D eigenvalue weighted by atomic mass is 14.7. The standard InChI is InChI=1S/C20H16N2/c1-13-12-18(16-6-3-4-8-20(16)22-13)14(2)15-7-5-9-19-17(15)10-11-21-19/h3-12,21H,2H2,1H3. The van der Waals surface area contributed by atoms with Crippen molar-refractivity contribution in [3.8, 4) is 0 Å². The van der Waals surface area contributed by atoms with E-state index >= 15 is 0 Å². The van der Waals surface area contributed by atoms with E-state index in [-0.39, 0.29) is 0 Å². The van der Waals surface area contributed by atoms with Crippen molar-refractivity contribution in [1.29, 1.82) is 0 Å². The summed E-state index contributed by atoms with van der Waals surface area (Å²) in [5.74, 6) is 0. The molecule has 4 aromatic rings. The molecule has 0 amide bonds. The summed E-state index contributed by atoms with van der Waals surface area (Å²) in [6, 6.07) is 18.7. The van der Waals surface area contributed by atoms with Crippen LogP contribution in [0.1, 0.15) is 16.8 Å². The highest BCUT2D eigenvalue weighted by Crippen LogP contribution is 2.32. The Balaban J connectivity index is 1.99. The lowest BCUT2D eigenvalue weighted by atomic mass is 9.94. The first-order valence-electron chi connectivity index (χ1n) is 7.36. The van der Waals surface area contributed by atoms with Crippen molar-refractivity contribution in [2.24, 2.45) is 0 Å². The number of aromatic nitrogens is 2. The maximum absolute atomic E-state index is 4.62. The lowest BCUT2D eigenvalue weighted by Crippen LogP contribution is -1.93. The number of para-hydroxylation sites is 1. The second kappa shape index (κ2) is 4.85. The molecule has 22 heavy (non-hydrogen) atoms. The molecule has 0 saturated heterocycles. The Bertz CT molecular complexity index is 1010. The minimum Gasteiger partial charge on any atom is -0.361 e. The smallest absolute Gasteiger partial charge is 0.0711 e. The maximum Gasteiger partial charge on any atom is 0.0711 e. The Morgan fingerprint density at radius 1 is 0.955 bits per heavy atom. The predicted octanol–water partition coefficient (Wildman–Crippen LogP) is 5.09. The van der Waals surface area contributed by atoms with Gasteiger partial charge in [0.2, 0.25) is 0 Å². The SMILES string of the molecule is C=C(c1cc(C)nc2ccccc12)c1cccc2[nH]ccc12. The number of hydrogen-bond acceptors (Lipinski definition) is 1. The molecule has 2 nitrogen and oxygen atoms in total.